The molecule has 116 valence electrons. The summed E-state index contributed by atoms with van der Waals surface area (Å²) in [6.07, 6.45) is 0.953. The molecule has 0 unspecified atom stereocenters. The van der Waals surface area contributed by atoms with E-state index in [1.54, 1.807) is 11.0 Å². The molecule has 0 atom stereocenters. The van der Waals surface area contributed by atoms with E-state index in [1.807, 2.05) is 0 Å². The Hall–Kier alpha value is -1.66. The lowest BCUT2D eigenvalue weighted by Crippen LogP contribution is -2.49. The second-order valence-corrected chi connectivity index (χ2v) is 5.09. The summed E-state index contributed by atoms with van der Waals surface area (Å²) < 4.78 is 19.0. The van der Waals surface area contributed by atoms with Crippen LogP contribution in [0.15, 0.2) is 18.2 Å². The largest absolute Gasteiger partial charge is 0.496 e. The molecule has 0 radical (unpaired) electrons. The number of nitrogens with zero attached hydrogens (tertiary/aromatic N) is 2. The molecule has 1 aliphatic rings. The van der Waals surface area contributed by atoms with E-state index in [0.717, 1.165) is 26.1 Å². The third kappa shape index (κ3) is 3.71. The molecule has 0 aliphatic carbocycles. The van der Waals surface area contributed by atoms with Crippen LogP contribution in [-0.2, 0) is 0 Å². The Kier molecular flexibility index (Phi) is 5.52. The van der Waals surface area contributed by atoms with Crippen LogP contribution in [0.25, 0.3) is 0 Å². The first-order chi connectivity index (χ1) is 10.2. The lowest BCUT2D eigenvalue weighted by molar-refractivity contribution is 0.0628. The van der Waals surface area contributed by atoms with E-state index < -0.39 is 5.82 Å². The van der Waals surface area contributed by atoms with Gasteiger partial charge < -0.3 is 15.4 Å². The number of hydrogen-bond donors (Lipinski definition) is 1. The predicted octanol–water partition coefficient (Wildman–Crippen LogP) is 0.941. The summed E-state index contributed by atoms with van der Waals surface area (Å²) in [5, 5.41) is 0. The van der Waals surface area contributed by atoms with E-state index in [1.165, 1.54) is 19.2 Å². The fourth-order valence-corrected chi connectivity index (χ4v) is 2.53. The Labute approximate surface area is 124 Å². The Bertz CT molecular complexity index is 488. The van der Waals surface area contributed by atoms with Gasteiger partial charge in [-0.25, -0.2) is 4.39 Å². The Balaban J connectivity index is 2.02. The molecule has 1 fully saturated rings. The maximum Gasteiger partial charge on any atom is 0.260 e. The number of carbonyl (C=O) groups excluding carboxylic acids is 1. The number of halogens is 1. The first-order valence-electron chi connectivity index (χ1n) is 7.21. The average Bonchev–Trinajstić information content (AvgIpc) is 2.52. The molecule has 6 heteroatoms. The van der Waals surface area contributed by atoms with Gasteiger partial charge >= 0.3 is 0 Å². The van der Waals surface area contributed by atoms with Crippen LogP contribution in [0.5, 0.6) is 5.75 Å². The van der Waals surface area contributed by atoms with Gasteiger partial charge in [0.15, 0.2) is 0 Å². The maximum atomic E-state index is 13.9. The first-order valence-corrected chi connectivity index (χ1v) is 7.21. The summed E-state index contributed by atoms with van der Waals surface area (Å²) in [6.45, 7) is 4.40. The van der Waals surface area contributed by atoms with Crippen molar-refractivity contribution in [1.29, 1.82) is 0 Å². The number of rotatable bonds is 5. The maximum absolute atomic E-state index is 13.9. The zero-order valence-corrected chi connectivity index (χ0v) is 12.3. The minimum atomic E-state index is -0.537. The standard InChI is InChI=1S/C15H22FN3O2/c1-21-13-5-2-4-12(16)14(13)15(20)19-10-8-18(9-11-19)7-3-6-17/h2,4-5H,3,6-11,17H2,1H3. The van der Waals surface area contributed by atoms with Crippen molar-refractivity contribution in [3.8, 4) is 5.75 Å². The van der Waals surface area contributed by atoms with Gasteiger partial charge in [0.1, 0.15) is 17.1 Å². The summed E-state index contributed by atoms with van der Waals surface area (Å²) in [5.74, 6) is -0.557. The van der Waals surface area contributed by atoms with Crippen molar-refractivity contribution in [2.75, 3.05) is 46.4 Å². The van der Waals surface area contributed by atoms with Crippen molar-refractivity contribution < 1.29 is 13.9 Å². The third-order valence-corrected chi connectivity index (χ3v) is 3.75. The second kappa shape index (κ2) is 7.38. The van der Waals surface area contributed by atoms with Crippen molar-refractivity contribution >= 4 is 5.91 Å². The van der Waals surface area contributed by atoms with Crippen LogP contribution in [0.4, 0.5) is 4.39 Å². The summed E-state index contributed by atoms with van der Waals surface area (Å²) in [4.78, 5) is 16.4. The summed E-state index contributed by atoms with van der Waals surface area (Å²) in [6, 6.07) is 4.43. The molecule has 2 N–H and O–H groups in total. The highest BCUT2D eigenvalue weighted by molar-refractivity contribution is 5.97. The quantitative estimate of drug-likeness (QED) is 0.878. The lowest BCUT2D eigenvalue weighted by Gasteiger charge is -2.34. The van der Waals surface area contributed by atoms with Crippen LogP contribution in [0, 0.1) is 5.82 Å². The van der Waals surface area contributed by atoms with Gasteiger partial charge in [-0.05, 0) is 31.6 Å². The summed E-state index contributed by atoms with van der Waals surface area (Å²) in [5.41, 5.74) is 5.52. The highest BCUT2D eigenvalue weighted by atomic mass is 19.1. The predicted molar refractivity (Wildman–Crippen MR) is 79.0 cm³/mol. The molecule has 1 saturated heterocycles. The number of benzene rings is 1. The van der Waals surface area contributed by atoms with Crippen LogP contribution < -0.4 is 10.5 Å². The molecular weight excluding hydrogens is 273 g/mol. The van der Waals surface area contributed by atoms with Gasteiger partial charge in [0.2, 0.25) is 0 Å². The Morgan fingerprint density at radius 2 is 2.05 bits per heavy atom. The van der Waals surface area contributed by atoms with Crippen LogP contribution >= 0.6 is 0 Å². The van der Waals surface area contributed by atoms with Crippen molar-refractivity contribution in [1.82, 2.24) is 9.80 Å². The highest BCUT2D eigenvalue weighted by Crippen LogP contribution is 2.23. The van der Waals surface area contributed by atoms with Crippen molar-refractivity contribution in [3.05, 3.63) is 29.6 Å². The Morgan fingerprint density at radius 1 is 1.33 bits per heavy atom. The topological polar surface area (TPSA) is 58.8 Å². The normalized spacial score (nSPS) is 16.0. The molecule has 1 amide bonds. The van der Waals surface area contributed by atoms with Crippen molar-refractivity contribution in [2.24, 2.45) is 5.73 Å². The number of nitrogens with two attached hydrogens (primary N) is 1. The van der Waals surface area contributed by atoms with Gasteiger partial charge in [-0.1, -0.05) is 6.07 Å². The smallest absolute Gasteiger partial charge is 0.260 e. The van der Waals surface area contributed by atoms with Crippen molar-refractivity contribution in [2.45, 2.75) is 6.42 Å². The van der Waals surface area contributed by atoms with Gasteiger partial charge in [0.25, 0.3) is 5.91 Å². The zero-order chi connectivity index (χ0) is 15.2. The SMILES string of the molecule is COc1cccc(F)c1C(=O)N1CCN(CCCN)CC1. The molecule has 5 nitrogen and oxygen atoms in total. The minimum absolute atomic E-state index is 0.0235. The average molecular weight is 295 g/mol. The minimum Gasteiger partial charge on any atom is -0.496 e. The van der Waals surface area contributed by atoms with Crippen molar-refractivity contribution in [3.63, 3.8) is 0 Å². The second-order valence-electron chi connectivity index (χ2n) is 5.09. The van der Waals surface area contributed by atoms with Crippen LogP contribution in [-0.4, -0.2) is 62.1 Å². The van der Waals surface area contributed by atoms with Gasteiger partial charge in [0, 0.05) is 26.2 Å². The fourth-order valence-electron chi connectivity index (χ4n) is 2.53. The monoisotopic (exact) mass is 295 g/mol. The van der Waals surface area contributed by atoms with Crippen LogP contribution in [0.2, 0.25) is 0 Å². The Morgan fingerprint density at radius 3 is 2.67 bits per heavy atom. The molecular formula is C15H22FN3O2. The molecule has 1 aliphatic heterocycles. The molecule has 1 heterocycles. The first kappa shape index (κ1) is 15.7. The fraction of sp³-hybridized carbons (Fsp3) is 0.533. The number of hydrogen-bond acceptors (Lipinski definition) is 4. The van der Waals surface area contributed by atoms with E-state index in [-0.39, 0.29) is 17.2 Å². The van der Waals surface area contributed by atoms with E-state index in [0.29, 0.717) is 19.6 Å². The van der Waals surface area contributed by atoms with Gasteiger partial charge in [-0.3, -0.25) is 9.69 Å². The van der Waals surface area contributed by atoms with Crippen LogP contribution in [0.1, 0.15) is 16.8 Å². The number of methoxy groups -OCH3 is 1. The zero-order valence-electron chi connectivity index (χ0n) is 12.3. The van der Waals surface area contributed by atoms with Gasteiger partial charge in [-0.2, -0.15) is 0 Å². The van der Waals surface area contributed by atoms with E-state index >= 15 is 0 Å². The highest BCUT2D eigenvalue weighted by Gasteiger charge is 2.26. The molecule has 0 bridgehead atoms. The van der Waals surface area contributed by atoms with Gasteiger partial charge in [-0.15, -0.1) is 0 Å². The van der Waals surface area contributed by atoms with Gasteiger partial charge in [0.05, 0.1) is 7.11 Å². The number of amides is 1. The molecule has 1 aromatic carbocycles. The summed E-state index contributed by atoms with van der Waals surface area (Å²) in [7, 11) is 1.44. The molecule has 2 rings (SSSR count). The van der Waals surface area contributed by atoms with E-state index in [4.69, 9.17) is 10.5 Å². The molecule has 0 spiro atoms. The molecule has 1 aromatic rings. The van der Waals surface area contributed by atoms with E-state index in [2.05, 4.69) is 4.90 Å². The molecule has 0 saturated carbocycles. The molecule has 21 heavy (non-hydrogen) atoms. The van der Waals surface area contributed by atoms with E-state index in [9.17, 15) is 9.18 Å². The number of ether oxygens (including phenoxy) is 1. The lowest BCUT2D eigenvalue weighted by atomic mass is 10.1. The van der Waals surface area contributed by atoms with Crippen LogP contribution in [0.3, 0.4) is 0 Å². The summed E-state index contributed by atoms with van der Waals surface area (Å²) >= 11 is 0. The molecule has 0 aromatic heterocycles. The third-order valence-electron chi connectivity index (χ3n) is 3.75. The number of carbonyl (C=O) groups is 1. The number of piperazine rings is 1.